The van der Waals surface area contributed by atoms with Gasteiger partial charge in [0.05, 0.1) is 26.1 Å². The van der Waals surface area contributed by atoms with E-state index in [1.807, 2.05) is 59.4 Å². The molecule has 0 unspecified atom stereocenters. The van der Waals surface area contributed by atoms with Gasteiger partial charge in [-0.2, -0.15) is 0 Å². The first-order chi connectivity index (χ1) is 54.1. The number of amides is 1. The van der Waals surface area contributed by atoms with E-state index in [2.05, 4.69) is 187 Å². The van der Waals surface area contributed by atoms with Crippen LogP contribution >= 0.6 is 0 Å². The summed E-state index contributed by atoms with van der Waals surface area (Å²) >= 11 is 0. The Hall–Kier alpha value is -8.14. The van der Waals surface area contributed by atoms with Gasteiger partial charge in [0.25, 0.3) is 16.6 Å². The van der Waals surface area contributed by atoms with E-state index in [4.69, 9.17) is 57.7 Å². The lowest BCUT2D eigenvalue weighted by molar-refractivity contribution is -0.144. The minimum Gasteiger partial charge on any atom is -0.466 e. The van der Waals surface area contributed by atoms with Crippen molar-refractivity contribution in [3.05, 3.63) is 221 Å². The maximum atomic E-state index is 12.9. The predicted molar refractivity (Wildman–Crippen MR) is 456 cm³/mol. The number of rotatable bonds is 36. The zero-order valence-electron chi connectivity index (χ0n) is 69.5. The highest BCUT2D eigenvalue weighted by atomic mass is 28.4. The van der Waals surface area contributed by atoms with E-state index in [0.29, 0.717) is 52.2 Å². The second-order valence-corrected chi connectivity index (χ2v) is 42.0. The third kappa shape index (κ3) is 26.2. The van der Waals surface area contributed by atoms with Crippen molar-refractivity contribution in [3.8, 4) is 0 Å². The largest absolute Gasteiger partial charge is 0.466 e. The lowest BCUT2D eigenvalue weighted by Crippen LogP contribution is -2.66. The lowest BCUT2D eigenvalue weighted by atomic mass is 9.91. The average molecular weight is 1560 g/mol. The Balaban J connectivity index is 0.000000243. The van der Waals surface area contributed by atoms with Crippen molar-refractivity contribution in [3.63, 3.8) is 0 Å². The summed E-state index contributed by atoms with van der Waals surface area (Å²) in [6, 6.07) is 51.7. The average Bonchev–Trinajstić information content (AvgIpc) is 0.777. The van der Waals surface area contributed by atoms with Gasteiger partial charge in [-0.15, -0.1) is 0 Å². The first kappa shape index (κ1) is 87.8. The Morgan fingerprint density at radius 3 is 1.25 bits per heavy atom. The molecule has 602 valence electrons. The molecule has 1 saturated heterocycles. The molecular weight excluding hydrogens is 1430 g/mol. The molecule has 0 N–H and O–H groups in total. The van der Waals surface area contributed by atoms with Crippen LogP contribution in [0.15, 0.2) is 170 Å². The van der Waals surface area contributed by atoms with Crippen LogP contribution in [-0.4, -0.2) is 116 Å². The first-order valence-corrected chi connectivity index (χ1v) is 45.9. The van der Waals surface area contributed by atoms with Crippen LogP contribution in [0.5, 0.6) is 0 Å². The summed E-state index contributed by atoms with van der Waals surface area (Å²) in [5, 5.41) is 5.00. The van der Waals surface area contributed by atoms with E-state index in [0.717, 1.165) is 169 Å². The summed E-state index contributed by atoms with van der Waals surface area (Å²) in [7, 11) is -5.16. The molecule has 6 heterocycles. The van der Waals surface area contributed by atoms with E-state index in [1.54, 1.807) is 4.90 Å². The Labute approximate surface area is 672 Å². The highest BCUT2D eigenvalue weighted by Gasteiger charge is 2.51. The van der Waals surface area contributed by atoms with E-state index >= 15 is 0 Å². The number of carbonyl (C=O) groups excluding carboxylic acids is 3. The van der Waals surface area contributed by atoms with Crippen molar-refractivity contribution in [2.45, 2.75) is 271 Å². The number of pyridine rings is 2. The molecule has 4 aromatic carbocycles. The Bertz CT molecular complexity index is 3990. The standard InChI is InChI=1S/C47H64N4O5Si.C43H57N3O3Si.C4H8O/c1-8-54-43(52)33-37(21-13-9-10-14-23-39-30-29-36-22-19-31-51(44(36)50-39)45(53)56-46(2,3)4)38-34-48-42(49-35-38)28-20-32-55-57(47(5,6)7,40-24-15-11-16-25-40)41-26-17-12-18-27-41;1-5-48-42(47)31-35(20-10-6-7-11-21-37-29-28-34-19-16-17-26-40(34)46-37)36-32-44-41(45-33-36)27-18-30-49-50(43(2,3)4,38-22-12-8-13-23-38)39-24-14-9-15-25-39;1-2-4-5-3-1/h11-12,15-18,24-27,29-30,34-35,37H,8-10,13-14,19-23,28,31-33H2,1-7H3;8-9,12-15,22-25,28-29,32-33,35H,5-7,10-11,16-21,26-27,30-31H2,1-4H3;1-4H2/t37-;35-;/m00./s1. The number of fused-ring (bicyclic) bond motifs is 2. The number of aryl methyl sites for hydroxylation is 7. The van der Waals surface area contributed by atoms with Crippen LogP contribution in [0.3, 0.4) is 0 Å². The molecular formula is C94H129N7O9Si2. The Kier molecular flexibility index (Phi) is 34.9. The number of carbonyl (C=O) groups is 3. The van der Waals surface area contributed by atoms with Gasteiger partial charge in [0, 0.05) is 87.7 Å². The van der Waals surface area contributed by atoms with Crippen molar-refractivity contribution in [2.24, 2.45) is 0 Å². The molecule has 4 aromatic heterocycles. The number of esters is 2. The normalized spacial score (nSPS) is 14.3. The smallest absolute Gasteiger partial charge is 0.416 e. The predicted octanol–water partition coefficient (Wildman–Crippen LogP) is 18.6. The van der Waals surface area contributed by atoms with Crippen molar-refractivity contribution in [1.82, 2.24) is 29.9 Å². The molecule has 0 saturated carbocycles. The monoisotopic (exact) mass is 1560 g/mol. The first-order valence-electron chi connectivity index (χ1n) is 42.1. The highest BCUT2D eigenvalue weighted by Crippen LogP contribution is 2.39. The Morgan fingerprint density at radius 1 is 0.446 bits per heavy atom. The number of ether oxygens (including phenoxy) is 4. The fraction of sp³-hybridized carbons (Fsp3) is 0.521. The number of benzene rings is 4. The number of aromatic nitrogens is 6. The quantitative estimate of drug-likeness (QED) is 0.0156. The van der Waals surface area contributed by atoms with Gasteiger partial charge in [0.1, 0.15) is 23.1 Å². The second-order valence-electron chi connectivity index (χ2n) is 33.4. The van der Waals surface area contributed by atoms with E-state index < -0.39 is 22.2 Å². The van der Waals surface area contributed by atoms with Crippen LogP contribution in [0.4, 0.5) is 10.6 Å². The number of nitrogens with zero attached hydrogens (tertiary/aromatic N) is 7. The molecule has 11 rings (SSSR count). The van der Waals surface area contributed by atoms with Gasteiger partial charge >= 0.3 is 18.0 Å². The van der Waals surface area contributed by atoms with Crippen LogP contribution in [-0.2, 0) is 82.3 Å². The van der Waals surface area contributed by atoms with Gasteiger partial charge < -0.3 is 27.8 Å². The summed E-state index contributed by atoms with van der Waals surface area (Å²) < 4.78 is 35.4. The third-order valence-corrected chi connectivity index (χ3v) is 31.7. The fourth-order valence-corrected chi connectivity index (χ4v) is 25.2. The Morgan fingerprint density at radius 2 is 0.848 bits per heavy atom. The molecule has 0 bridgehead atoms. The molecule has 8 aromatic rings. The van der Waals surface area contributed by atoms with Gasteiger partial charge in [-0.1, -0.05) is 214 Å². The molecule has 2 aliphatic heterocycles. The maximum absolute atomic E-state index is 12.9. The van der Waals surface area contributed by atoms with E-state index in [-0.39, 0.29) is 39.9 Å². The van der Waals surface area contributed by atoms with Crippen LogP contribution < -0.4 is 25.6 Å². The molecule has 1 fully saturated rings. The molecule has 3 aliphatic rings. The van der Waals surface area contributed by atoms with Gasteiger partial charge in [-0.25, -0.2) is 29.7 Å². The van der Waals surface area contributed by atoms with E-state index in [1.165, 1.54) is 69.8 Å². The summed E-state index contributed by atoms with van der Waals surface area (Å²) in [6.07, 6.45) is 32.6. The highest BCUT2D eigenvalue weighted by molar-refractivity contribution is 7.00. The van der Waals surface area contributed by atoms with Crippen LogP contribution in [0.2, 0.25) is 10.1 Å². The molecule has 0 radical (unpaired) electrons. The number of hydrogen-bond acceptors (Lipinski definition) is 15. The number of unbranched alkanes of at least 4 members (excludes halogenated alkanes) is 6. The fourth-order valence-electron chi connectivity index (χ4n) is 15.9. The van der Waals surface area contributed by atoms with Gasteiger partial charge in [0.2, 0.25) is 0 Å². The van der Waals surface area contributed by atoms with Crippen molar-refractivity contribution in [2.75, 3.05) is 51.1 Å². The zero-order chi connectivity index (χ0) is 79.7. The lowest BCUT2D eigenvalue weighted by Gasteiger charge is -2.43. The van der Waals surface area contributed by atoms with Gasteiger partial charge in [0.15, 0.2) is 0 Å². The summed E-state index contributed by atoms with van der Waals surface area (Å²) in [6.45, 7) is 27.8. The molecule has 2 atom stereocenters. The van der Waals surface area contributed by atoms with Crippen molar-refractivity contribution < 1.29 is 42.2 Å². The molecule has 16 nitrogen and oxygen atoms in total. The molecule has 0 spiro atoms. The third-order valence-electron chi connectivity index (χ3n) is 21.6. The maximum Gasteiger partial charge on any atom is 0.416 e. The second kappa shape index (κ2) is 44.5. The topological polar surface area (TPSA) is 187 Å². The van der Waals surface area contributed by atoms with Crippen LogP contribution in [0, 0.1) is 0 Å². The number of anilines is 1. The SMILES string of the molecule is C1CCOC1.CCOC(=O)C[C@H](CCCCCCc1ccc2c(n1)CCCC2)c1cnc(CCCO[Si](c2ccccc2)(c2ccccc2)C(C)(C)C)nc1.CCOC(=O)C[C@H](CCCCCCc1ccc2c(n1)N(C(=O)OC(C)(C)C)CCC2)c1cnc(CCCO[Si](c2ccccc2)(c2ccccc2)C(C)(C)C)nc1. The summed E-state index contributed by atoms with van der Waals surface area (Å²) in [4.78, 5) is 68.7. The van der Waals surface area contributed by atoms with Crippen LogP contribution in [0.1, 0.15) is 261 Å². The number of hydrogen-bond donors (Lipinski definition) is 0. The minimum atomic E-state index is -2.60. The molecule has 1 aliphatic carbocycles. The van der Waals surface area contributed by atoms with Crippen molar-refractivity contribution >= 4 is 61.2 Å². The molecule has 18 heteroatoms. The summed E-state index contributed by atoms with van der Waals surface area (Å²) in [5.41, 5.74) is 7.54. The zero-order valence-corrected chi connectivity index (χ0v) is 71.5. The molecule has 1 amide bonds. The van der Waals surface area contributed by atoms with Gasteiger partial charge in [-0.05, 0) is 214 Å². The van der Waals surface area contributed by atoms with Crippen LogP contribution in [0.25, 0.3) is 0 Å². The molecule has 112 heavy (non-hydrogen) atoms. The van der Waals surface area contributed by atoms with E-state index in [9.17, 15) is 14.4 Å². The minimum absolute atomic E-state index is 0.00210. The van der Waals surface area contributed by atoms with Gasteiger partial charge in [-0.3, -0.25) is 19.5 Å². The van der Waals surface area contributed by atoms with Crippen molar-refractivity contribution in [1.29, 1.82) is 0 Å². The summed E-state index contributed by atoms with van der Waals surface area (Å²) in [5.74, 6) is 2.05.